The molecular weight excluding hydrogens is 460 g/mol. The lowest BCUT2D eigenvalue weighted by Gasteiger charge is -2.11. The molecule has 0 atom stereocenters. The van der Waals surface area contributed by atoms with Gasteiger partial charge in [0, 0.05) is 15.2 Å². The lowest BCUT2D eigenvalue weighted by Crippen LogP contribution is -2.14. The van der Waals surface area contributed by atoms with Gasteiger partial charge in [-0.2, -0.15) is 5.26 Å². The maximum atomic E-state index is 12.8. The Balaban J connectivity index is 1.93. The van der Waals surface area contributed by atoms with Gasteiger partial charge in [-0.1, -0.05) is 69.5 Å². The normalized spacial score (nSPS) is 11.1. The van der Waals surface area contributed by atoms with Gasteiger partial charge in [-0.15, -0.1) is 0 Å². The number of hydrogen-bond acceptors (Lipinski definition) is 2. The highest BCUT2D eigenvalue weighted by Crippen LogP contribution is 2.25. The van der Waals surface area contributed by atoms with Crippen molar-refractivity contribution in [3.63, 3.8) is 0 Å². The second-order valence-corrected chi connectivity index (χ2v) is 8.38. The standard InChI is InChI=1S/C25H20BrClN2O/c1-16-7-10-24(17(2)11-16)29-25(30)21(15-28)13-20-14-22(26)9-8-18(20)12-19-5-3-4-6-23(19)27/h3-11,13-14H,12H2,1-2H3,(H,29,30)/b21-13+. The summed E-state index contributed by atoms with van der Waals surface area (Å²) < 4.78 is 0.865. The van der Waals surface area contributed by atoms with E-state index in [4.69, 9.17) is 11.6 Å². The summed E-state index contributed by atoms with van der Waals surface area (Å²) in [5, 5.41) is 13.2. The van der Waals surface area contributed by atoms with Gasteiger partial charge in [0.1, 0.15) is 11.6 Å². The van der Waals surface area contributed by atoms with Crippen molar-refractivity contribution in [2.24, 2.45) is 0 Å². The van der Waals surface area contributed by atoms with Crippen LogP contribution in [0.25, 0.3) is 6.08 Å². The topological polar surface area (TPSA) is 52.9 Å². The van der Waals surface area contributed by atoms with Gasteiger partial charge in [0.15, 0.2) is 0 Å². The zero-order chi connectivity index (χ0) is 21.7. The summed E-state index contributed by atoms with van der Waals surface area (Å²) in [5.41, 5.74) is 5.53. The maximum Gasteiger partial charge on any atom is 0.266 e. The number of rotatable bonds is 5. The minimum Gasteiger partial charge on any atom is -0.321 e. The third-order valence-electron chi connectivity index (χ3n) is 4.74. The van der Waals surface area contributed by atoms with Crippen LogP contribution in [0.2, 0.25) is 5.02 Å². The molecule has 0 aromatic heterocycles. The maximum absolute atomic E-state index is 12.8. The first-order chi connectivity index (χ1) is 14.4. The molecule has 0 aliphatic carbocycles. The van der Waals surface area contributed by atoms with Crippen molar-refractivity contribution in [3.8, 4) is 6.07 Å². The molecule has 0 aliphatic heterocycles. The third kappa shape index (κ3) is 5.38. The fraction of sp³-hybridized carbons (Fsp3) is 0.120. The van der Waals surface area contributed by atoms with Crippen molar-refractivity contribution < 1.29 is 4.79 Å². The van der Waals surface area contributed by atoms with Gasteiger partial charge in [-0.05, 0) is 72.9 Å². The van der Waals surface area contributed by atoms with Crippen LogP contribution in [0.1, 0.15) is 27.8 Å². The molecule has 1 amide bonds. The van der Waals surface area contributed by atoms with Crippen molar-refractivity contribution in [1.29, 1.82) is 5.26 Å². The number of nitrogens with one attached hydrogen (secondary N) is 1. The number of halogens is 2. The molecule has 0 fully saturated rings. The van der Waals surface area contributed by atoms with E-state index in [0.717, 1.165) is 32.3 Å². The summed E-state index contributed by atoms with van der Waals surface area (Å²) in [6.07, 6.45) is 2.21. The molecule has 1 N–H and O–H groups in total. The largest absolute Gasteiger partial charge is 0.321 e. The molecule has 0 saturated heterocycles. The first-order valence-electron chi connectivity index (χ1n) is 9.39. The Labute approximate surface area is 190 Å². The quantitative estimate of drug-likeness (QED) is 0.321. The highest BCUT2D eigenvalue weighted by atomic mass is 79.9. The summed E-state index contributed by atoms with van der Waals surface area (Å²) in [4.78, 5) is 12.8. The van der Waals surface area contributed by atoms with Gasteiger partial charge in [0.25, 0.3) is 5.91 Å². The average molecular weight is 480 g/mol. The molecule has 0 spiro atoms. The van der Waals surface area contributed by atoms with Crippen LogP contribution in [0.5, 0.6) is 0 Å². The second-order valence-electron chi connectivity index (χ2n) is 7.05. The van der Waals surface area contributed by atoms with Crippen molar-refractivity contribution in [1.82, 2.24) is 0 Å². The fourth-order valence-electron chi connectivity index (χ4n) is 3.16. The first kappa shape index (κ1) is 21.8. The van der Waals surface area contributed by atoms with Gasteiger partial charge in [-0.3, -0.25) is 4.79 Å². The molecule has 0 radical (unpaired) electrons. The van der Waals surface area contributed by atoms with Crippen molar-refractivity contribution in [3.05, 3.63) is 104 Å². The van der Waals surface area contributed by atoms with Gasteiger partial charge in [-0.25, -0.2) is 0 Å². The summed E-state index contributed by atoms with van der Waals surface area (Å²) in [6.45, 7) is 3.92. The number of anilines is 1. The predicted octanol–water partition coefficient (Wildman–Crippen LogP) is 6.86. The van der Waals surface area contributed by atoms with E-state index in [1.54, 1.807) is 6.08 Å². The smallest absolute Gasteiger partial charge is 0.266 e. The van der Waals surface area contributed by atoms with Crippen LogP contribution < -0.4 is 5.32 Å². The minimum absolute atomic E-state index is 0.0356. The molecule has 3 rings (SSSR count). The number of nitriles is 1. The van der Waals surface area contributed by atoms with E-state index in [1.165, 1.54) is 0 Å². The van der Waals surface area contributed by atoms with Crippen molar-refractivity contribution in [2.45, 2.75) is 20.3 Å². The molecule has 0 bridgehead atoms. The van der Waals surface area contributed by atoms with Crippen LogP contribution in [0.15, 0.2) is 70.7 Å². The van der Waals surface area contributed by atoms with Gasteiger partial charge in [0.05, 0.1) is 0 Å². The molecule has 0 aliphatic rings. The van der Waals surface area contributed by atoms with E-state index in [2.05, 4.69) is 21.2 Å². The van der Waals surface area contributed by atoms with Crippen LogP contribution in [-0.2, 0) is 11.2 Å². The average Bonchev–Trinajstić information content (AvgIpc) is 2.71. The Morgan fingerprint density at radius 1 is 1.10 bits per heavy atom. The minimum atomic E-state index is -0.437. The summed E-state index contributed by atoms with van der Waals surface area (Å²) in [7, 11) is 0. The van der Waals surface area contributed by atoms with Crippen LogP contribution in [0.3, 0.4) is 0 Å². The zero-order valence-electron chi connectivity index (χ0n) is 16.7. The zero-order valence-corrected chi connectivity index (χ0v) is 19.0. The molecule has 5 heteroatoms. The molecule has 150 valence electrons. The summed E-state index contributed by atoms with van der Waals surface area (Å²) in [6, 6.07) is 21.2. The van der Waals surface area contributed by atoms with Crippen LogP contribution in [0, 0.1) is 25.2 Å². The highest BCUT2D eigenvalue weighted by molar-refractivity contribution is 9.10. The van der Waals surface area contributed by atoms with Crippen LogP contribution in [0.4, 0.5) is 5.69 Å². The summed E-state index contributed by atoms with van der Waals surface area (Å²) in [5.74, 6) is -0.437. The molecule has 3 nitrogen and oxygen atoms in total. The molecule has 30 heavy (non-hydrogen) atoms. The number of nitrogens with zero attached hydrogens (tertiary/aromatic N) is 1. The predicted molar refractivity (Wildman–Crippen MR) is 127 cm³/mol. The summed E-state index contributed by atoms with van der Waals surface area (Å²) >= 11 is 9.79. The Morgan fingerprint density at radius 2 is 1.87 bits per heavy atom. The molecule has 0 saturated carbocycles. The van der Waals surface area contributed by atoms with Crippen LogP contribution >= 0.6 is 27.5 Å². The van der Waals surface area contributed by atoms with E-state index in [0.29, 0.717) is 17.1 Å². The van der Waals surface area contributed by atoms with Gasteiger partial charge >= 0.3 is 0 Å². The number of carbonyl (C=O) groups excluding carboxylic acids is 1. The number of carbonyl (C=O) groups is 1. The number of benzene rings is 3. The Morgan fingerprint density at radius 3 is 2.57 bits per heavy atom. The number of hydrogen-bond donors (Lipinski definition) is 1. The monoisotopic (exact) mass is 478 g/mol. The van der Waals surface area contributed by atoms with E-state index in [1.807, 2.05) is 80.6 Å². The Kier molecular flexibility index (Phi) is 7.10. The van der Waals surface area contributed by atoms with Crippen molar-refractivity contribution >= 4 is 45.2 Å². The first-order valence-corrected chi connectivity index (χ1v) is 10.6. The fourth-order valence-corrected chi connectivity index (χ4v) is 3.74. The van der Waals surface area contributed by atoms with E-state index < -0.39 is 5.91 Å². The second kappa shape index (κ2) is 9.75. The molecule has 0 heterocycles. The van der Waals surface area contributed by atoms with Gasteiger partial charge in [0.2, 0.25) is 0 Å². The lowest BCUT2D eigenvalue weighted by atomic mass is 9.98. The van der Waals surface area contributed by atoms with Gasteiger partial charge < -0.3 is 5.32 Å². The van der Waals surface area contributed by atoms with Crippen LogP contribution in [-0.4, -0.2) is 5.91 Å². The van der Waals surface area contributed by atoms with Crippen molar-refractivity contribution in [2.75, 3.05) is 5.32 Å². The Bertz CT molecular complexity index is 1180. The molecule has 3 aromatic carbocycles. The highest BCUT2D eigenvalue weighted by Gasteiger charge is 2.13. The molecular formula is C25H20BrClN2O. The van der Waals surface area contributed by atoms with E-state index in [9.17, 15) is 10.1 Å². The Hall–Kier alpha value is -2.87. The van der Waals surface area contributed by atoms with E-state index >= 15 is 0 Å². The number of amides is 1. The molecule has 0 unspecified atom stereocenters. The SMILES string of the molecule is Cc1ccc(NC(=O)/C(C#N)=C/c2cc(Br)ccc2Cc2ccccc2Cl)c(C)c1. The number of aryl methyl sites for hydroxylation is 2. The third-order valence-corrected chi connectivity index (χ3v) is 5.60. The molecule has 3 aromatic rings. The van der Waals surface area contributed by atoms with E-state index in [-0.39, 0.29) is 5.57 Å². The lowest BCUT2D eigenvalue weighted by molar-refractivity contribution is -0.112.